The Morgan fingerprint density at radius 1 is 1.10 bits per heavy atom. The Balaban J connectivity index is 0.000000810. The van der Waals surface area contributed by atoms with E-state index < -0.39 is 0 Å². The fourth-order valence-corrected chi connectivity index (χ4v) is 1.34. The van der Waals surface area contributed by atoms with Gasteiger partial charge in [0.1, 0.15) is 0 Å². The first-order valence-electron chi connectivity index (χ1n) is 3.10. The van der Waals surface area contributed by atoms with Gasteiger partial charge in [-0.2, -0.15) is 0 Å². The van der Waals surface area contributed by atoms with E-state index >= 15 is 0 Å². The molecule has 0 fully saturated rings. The molecule has 0 aliphatic heterocycles. The van der Waals surface area contributed by atoms with Gasteiger partial charge in [-0.15, -0.1) is 0 Å². The third-order valence-corrected chi connectivity index (χ3v) is 3.98. The second-order valence-corrected chi connectivity index (χ2v) is 3.85. The Morgan fingerprint density at radius 3 is 1.80 bits per heavy atom. The van der Waals surface area contributed by atoms with E-state index in [0.29, 0.717) is 0 Å². The van der Waals surface area contributed by atoms with Crippen LogP contribution in [0.5, 0.6) is 0 Å². The van der Waals surface area contributed by atoms with Gasteiger partial charge in [0.05, 0.1) is 0 Å². The van der Waals surface area contributed by atoms with E-state index in [0.717, 1.165) is 0 Å². The maximum Gasteiger partial charge on any atom is -1.00 e. The van der Waals surface area contributed by atoms with Crippen molar-refractivity contribution in [3.05, 3.63) is 29.3 Å². The van der Waals surface area contributed by atoms with Crippen molar-refractivity contribution >= 4 is 4.16 Å². The van der Waals surface area contributed by atoms with Gasteiger partial charge in [-0.25, -0.2) is 0 Å². The van der Waals surface area contributed by atoms with Gasteiger partial charge in [-0.3, -0.25) is 0 Å². The molecule has 0 aromatic heterocycles. The van der Waals surface area contributed by atoms with Crippen LogP contribution in [0.3, 0.4) is 0 Å². The standard InChI is InChI=1S/C8H9.BrH.Zn/c1-7-4-3-5-8(2)6-7;;/h3-5H,1-2H3;1H;/q;;+1/p-1. The number of hydrogen-bond acceptors (Lipinski definition) is 0. The summed E-state index contributed by atoms with van der Waals surface area (Å²) in [6.07, 6.45) is 0. The minimum Gasteiger partial charge on any atom is -1.00 e. The van der Waals surface area contributed by atoms with Gasteiger partial charge in [0.2, 0.25) is 0 Å². The SMILES string of the molecule is Cc1cccc(C)[c]1[Zn+].[Br-]. The quantitative estimate of drug-likeness (QED) is 0.491. The van der Waals surface area contributed by atoms with Gasteiger partial charge in [0, 0.05) is 0 Å². The van der Waals surface area contributed by atoms with Crippen molar-refractivity contribution in [3.63, 3.8) is 0 Å². The average molecular weight is 250 g/mol. The fourth-order valence-electron chi connectivity index (χ4n) is 0.849. The molecule has 0 bridgehead atoms. The topological polar surface area (TPSA) is 0 Å². The molecule has 0 nitrogen and oxygen atoms in total. The molecule has 1 aromatic carbocycles. The summed E-state index contributed by atoms with van der Waals surface area (Å²) in [5.74, 6) is 0. The first kappa shape index (κ1) is 10.3. The molecular weight excluding hydrogens is 241 g/mol. The Kier molecular flexibility index (Phi) is 4.39. The van der Waals surface area contributed by atoms with Gasteiger partial charge >= 0.3 is 65.6 Å². The molecule has 0 spiro atoms. The third kappa shape index (κ3) is 2.18. The fraction of sp³-hybridized carbons (Fsp3) is 0.250. The van der Waals surface area contributed by atoms with Gasteiger partial charge < -0.3 is 17.0 Å². The second kappa shape index (κ2) is 4.25. The Bertz CT molecular complexity index is 200. The smallest absolute Gasteiger partial charge is 1.00 e. The van der Waals surface area contributed by atoms with E-state index in [-0.39, 0.29) is 17.0 Å². The van der Waals surface area contributed by atoms with Crippen molar-refractivity contribution < 1.29 is 35.3 Å². The Labute approximate surface area is 82.5 Å². The summed E-state index contributed by atoms with van der Waals surface area (Å²) in [7, 11) is 0. The van der Waals surface area contributed by atoms with Crippen LogP contribution in [-0.4, -0.2) is 0 Å². The van der Waals surface area contributed by atoms with Crippen LogP contribution in [0.25, 0.3) is 0 Å². The van der Waals surface area contributed by atoms with Crippen LogP contribution < -0.4 is 21.1 Å². The molecule has 0 aliphatic carbocycles. The summed E-state index contributed by atoms with van der Waals surface area (Å²) in [5.41, 5.74) is 2.88. The van der Waals surface area contributed by atoms with Crippen molar-refractivity contribution in [3.8, 4) is 0 Å². The molecule has 50 valence electrons. The van der Waals surface area contributed by atoms with E-state index in [4.69, 9.17) is 0 Å². The van der Waals surface area contributed by atoms with Crippen LogP contribution in [0.2, 0.25) is 0 Å². The van der Waals surface area contributed by atoms with Crippen molar-refractivity contribution in [2.75, 3.05) is 0 Å². The van der Waals surface area contributed by atoms with Crippen molar-refractivity contribution in [1.82, 2.24) is 0 Å². The number of hydrogen-bond donors (Lipinski definition) is 0. The largest absolute Gasteiger partial charge is 1.00 e. The number of rotatable bonds is 0. The molecular formula is C8H9BrZn. The molecule has 2 heteroatoms. The van der Waals surface area contributed by atoms with Gasteiger partial charge in [-0.1, -0.05) is 0 Å². The first-order chi connectivity index (χ1) is 4.22. The molecule has 0 unspecified atom stereocenters. The molecule has 0 atom stereocenters. The summed E-state index contributed by atoms with van der Waals surface area (Å²) in [5, 5.41) is 0. The molecule has 0 amide bonds. The molecule has 0 saturated heterocycles. The molecule has 10 heavy (non-hydrogen) atoms. The molecule has 0 heterocycles. The zero-order chi connectivity index (χ0) is 6.85. The molecule has 0 saturated carbocycles. The van der Waals surface area contributed by atoms with Crippen LogP contribution >= 0.6 is 0 Å². The van der Waals surface area contributed by atoms with E-state index in [1.807, 2.05) is 0 Å². The molecule has 0 radical (unpaired) electrons. The van der Waals surface area contributed by atoms with Crippen LogP contribution in [-0.2, 0) is 18.3 Å². The molecule has 1 rings (SSSR count). The van der Waals surface area contributed by atoms with Gasteiger partial charge in [0.25, 0.3) is 0 Å². The molecule has 1 aromatic rings. The molecule has 0 aliphatic rings. The summed E-state index contributed by atoms with van der Waals surface area (Å²) in [6.45, 7) is 4.34. The zero-order valence-corrected chi connectivity index (χ0v) is 10.9. The van der Waals surface area contributed by atoms with E-state index in [1.165, 1.54) is 33.6 Å². The van der Waals surface area contributed by atoms with Gasteiger partial charge in [-0.05, 0) is 0 Å². The summed E-state index contributed by atoms with van der Waals surface area (Å²) >= 11 is 1.28. The van der Waals surface area contributed by atoms with Gasteiger partial charge in [0.15, 0.2) is 0 Å². The second-order valence-electron chi connectivity index (χ2n) is 2.37. The maximum atomic E-state index is 2.17. The summed E-state index contributed by atoms with van der Waals surface area (Å²) in [6, 6.07) is 6.46. The molecule has 0 N–H and O–H groups in total. The number of halogens is 1. The summed E-state index contributed by atoms with van der Waals surface area (Å²) in [4.78, 5) is 0. The Morgan fingerprint density at radius 2 is 1.50 bits per heavy atom. The summed E-state index contributed by atoms with van der Waals surface area (Å²) < 4.78 is 1.54. The van der Waals surface area contributed by atoms with Crippen molar-refractivity contribution in [2.24, 2.45) is 0 Å². The van der Waals surface area contributed by atoms with Crippen molar-refractivity contribution in [2.45, 2.75) is 13.8 Å². The normalized spacial score (nSPS) is 8.80. The van der Waals surface area contributed by atoms with E-state index in [1.54, 1.807) is 0 Å². The number of aryl methyl sites for hydroxylation is 2. The Hall–Kier alpha value is 0.323. The third-order valence-electron chi connectivity index (χ3n) is 1.64. The van der Waals surface area contributed by atoms with E-state index in [2.05, 4.69) is 32.0 Å². The van der Waals surface area contributed by atoms with Crippen LogP contribution in [0.15, 0.2) is 18.2 Å². The predicted molar refractivity (Wildman–Crippen MR) is 35.5 cm³/mol. The minimum atomic E-state index is 0. The average Bonchev–Trinajstić information content (AvgIpc) is 1.83. The van der Waals surface area contributed by atoms with Crippen LogP contribution in [0.4, 0.5) is 0 Å². The van der Waals surface area contributed by atoms with Crippen LogP contribution in [0.1, 0.15) is 11.1 Å². The zero-order valence-electron chi connectivity index (χ0n) is 6.32. The number of benzene rings is 1. The van der Waals surface area contributed by atoms with E-state index in [9.17, 15) is 0 Å². The predicted octanol–water partition coefficient (Wildman–Crippen LogP) is -1.52. The minimum absolute atomic E-state index is 0. The van der Waals surface area contributed by atoms with Crippen molar-refractivity contribution in [1.29, 1.82) is 0 Å². The first-order valence-corrected chi connectivity index (χ1v) is 4.58. The maximum absolute atomic E-state index is 2.17. The monoisotopic (exact) mass is 248 g/mol. The van der Waals surface area contributed by atoms with Crippen LogP contribution in [0, 0.1) is 13.8 Å².